The number of nitrogens with two attached hydrogens (primary N) is 1. The van der Waals surface area contributed by atoms with Crippen molar-refractivity contribution in [1.29, 1.82) is 10.5 Å². The van der Waals surface area contributed by atoms with Gasteiger partial charge in [-0.1, -0.05) is 55.8 Å². The van der Waals surface area contributed by atoms with E-state index in [1.54, 1.807) is 40.8 Å². The molecule has 0 bridgehead atoms. The molecule has 0 unspecified atom stereocenters. The van der Waals surface area contributed by atoms with Crippen molar-refractivity contribution in [2.45, 2.75) is 20.3 Å². The third-order valence-corrected chi connectivity index (χ3v) is 7.78. The van der Waals surface area contributed by atoms with E-state index < -0.39 is 0 Å². The van der Waals surface area contributed by atoms with E-state index >= 15 is 0 Å². The van der Waals surface area contributed by atoms with Gasteiger partial charge < -0.3 is 25.4 Å². The van der Waals surface area contributed by atoms with Crippen molar-refractivity contribution < 1.29 is 9.47 Å². The number of para-hydroxylation sites is 2. The molecule has 1 aliphatic rings. The predicted molar refractivity (Wildman–Crippen MR) is 186 cm³/mol. The van der Waals surface area contributed by atoms with Crippen LogP contribution in [0, 0.1) is 22.7 Å². The lowest BCUT2D eigenvalue weighted by molar-refractivity contribution is 0.152. The van der Waals surface area contributed by atoms with Crippen LogP contribution in [0.2, 0.25) is 5.02 Å². The van der Waals surface area contributed by atoms with Gasteiger partial charge in [0.25, 0.3) is 0 Å². The molecular weight excluding hydrogens is 628 g/mol. The summed E-state index contributed by atoms with van der Waals surface area (Å²) in [4.78, 5) is 20.4. The van der Waals surface area contributed by atoms with Gasteiger partial charge in [0.1, 0.15) is 34.8 Å². The molecule has 240 valence electrons. The summed E-state index contributed by atoms with van der Waals surface area (Å²) in [5.41, 5.74) is 10.4. The molecule has 4 heterocycles. The minimum atomic E-state index is 0.0811. The molecule has 6 aromatic rings. The minimum absolute atomic E-state index is 0.0811. The number of benzene rings is 3. The van der Waals surface area contributed by atoms with Crippen LogP contribution in [0.3, 0.4) is 0 Å². The number of nitrogens with zero attached hydrogens (tertiary/aromatic N) is 8. The van der Waals surface area contributed by atoms with Gasteiger partial charge in [0, 0.05) is 36.0 Å². The van der Waals surface area contributed by atoms with E-state index in [0.717, 1.165) is 13.0 Å². The molecule has 1 aliphatic heterocycles. The summed E-state index contributed by atoms with van der Waals surface area (Å²) >= 11 is 6.18. The summed E-state index contributed by atoms with van der Waals surface area (Å²) in [6.07, 6.45) is 0.834. The van der Waals surface area contributed by atoms with Crippen molar-refractivity contribution >= 4 is 51.7 Å². The number of nitrogen functional groups attached to an aromatic ring is 1. The number of ether oxygens (including phenoxy) is 2. The number of nitriles is 2. The molecule has 7 rings (SSSR count). The molecule has 48 heavy (non-hydrogen) atoms. The van der Waals surface area contributed by atoms with Gasteiger partial charge in [0.2, 0.25) is 11.9 Å². The first kappa shape index (κ1) is 32.0. The third kappa shape index (κ3) is 6.35. The number of rotatable bonds is 6. The highest BCUT2D eigenvalue weighted by molar-refractivity contribution is 6.30. The van der Waals surface area contributed by atoms with E-state index in [1.807, 2.05) is 55.1 Å². The number of anilines is 4. The zero-order valence-electron chi connectivity index (χ0n) is 26.3. The number of aromatic nitrogens is 5. The van der Waals surface area contributed by atoms with Crippen LogP contribution < -0.4 is 20.7 Å². The lowest BCUT2D eigenvalue weighted by Crippen LogP contribution is -2.28. The SMILES string of the molecule is CC.N#Cc1c(-c2ccc(Oc3nc(Nc4cccc(Cl)c4)nc(N4CCCOCC4)n3)cc2)c(C#N)c2nc3ccccc3n2c1N. The number of hydrogen-bond acceptors (Lipinski definition) is 11. The number of hydrogen-bond donors (Lipinski definition) is 2. The molecule has 0 amide bonds. The summed E-state index contributed by atoms with van der Waals surface area (Å²) < 4.78 is 13.4. The second-order valence-electron chi connectivity index (χ2n) is 10.4. The maximum atomic E-state index is 10.2. The zero-order chi connectivity index (χ0) is 33.6. The Morgan fingerprint density at radius 2 is 1.69 bits per heavy atom. The van der Waals surface area contributed by atoms with Crippen LogP contribution in [0.15, 0.2) is 72.8 Å². The molecule has 12 nitrogen and oxygen atoms in total. The van der Waals surface area contributed by atoms with Crippen molar-refractivity contribution in [2.24, 2.45) is 0 Å². The van der Waals surface area contributed by atoms with Crippen LogP contribution >= 0.6 is 11.6 Å². The van der Waals surface area contributed by atoms with Gasteiger partial charge in [-0.2, -0.15) is 25.5 Å². The van der Waals surface area contributed by atoms with E-state index in [-0.39, 0.29) is 28.9 Å². The van der Waals surface area contributed by atoms with Crippen LogP contribution in [0.5, 0.6) is 11.8 Å². The lowest BCUT2D eigenvalue weighted by Gasteiger charge is -2.20. The van der Waals surface area contributed by atoms with E-state index in [0.29, 0.717) is 70.0 Å². The highest BCUT2D eigenvalue weighted by atomic mass is 35.5. The van der Waals surface area contributed by atoms with Gasteiger partial charge in [-0.25, -0.2) is 4.98 Å². The summed E-state index contributed by atoms with van der Waals surface area (Å²) in [5, 5.41) is 24.1. The molecule has 0 aliphatic carbocycles. The Bertz CT molecular complexity index is 2180. The summed E-state index contributed by atoms with van der Waals surface area (Å²) in [6, 6.07) is 26.1. The van der Waals surface area contributed by atoms with Crippen molar-refractivity contribution in [3.05, 3.63) is 88.9 Å². The van der Waals surface area contributed by atoms with Crippen LogP contribution in [0.4, 0.5) is 23.4 Å². The first-order valence-corrected chi connectivity index (χ1v) is 15.8. The normalized spacial score (nSPS) is 12.8. The largest absolute Gasteiger partial charge is 0.424 e. The number of pyridine rings is 1. The van der Waals surface area contributed by atoms with Crippen LogP contribution in [0.25, 0.3) is 27.8 Å². The molecule has 0 atom stereocenters. The smallest absolute Gasteiger partial charge is 0.328 e. The fourth-order valence-corrected chi connectivity index (χ4v) is 5.64. The molecule has 1 fully saturated rings. The molecule has 0 radical (unpaired) electrons. The molecular formula is C35H31ClN10O2. The number of nitrogens with one attached hydrogen (secondary N) is 1. The Hall–Kier alpha value is -5.95. The van der Waals surface area contributed by atoms with E-state index in [2.05, 4.69) is 37.4 Å². The van der Waals surface area contributed by atoms with E-state index in [4.69, 9.17) is 26.8 Å². The van der Waals surface area contributed by atoms with Crippen LogP contribution in [0.1, 0.15) is 31.4 Å². The van der Waals surface area contributed by atoms with Crippen molar-refractivity contribution in [1.82, 2.24) is 24.3 Å². The van der Waals surface area contributed by atoms with Gasteiger partial charge >= 0.3 is 6.01 Å². The number of imidazole rings is 1. The molecule has 13 heteroatoms. The van der Waals surface area contributed by atoms with Crippen molar-refractivity contribution in [3.63, 3.8) is 0 Å². The van der Waals surface area contributed by atoms with Crippen molar-refractivity contribution in [2.75, 3.05) is 42.3 Å². The van der Waals surface area contributed by atoms with Crippen LogP contribution in [-0.4, -0.2) is 50.6 Å². The Labute approximate surface area is 282 Å². The highest BCUT2D eigenvalue weighted by Gasteiger charge is 2.23. The lowest BCUT2D eigenvalue weighted by atomic mass is 9.96. The number of fused-ring (bicyclic) bond motifs is 3. The summed E-state index contributed by atoms with van der Waals surface area (Å²) in [6.45, 7) is 6.57. The Morgan fingerprint density at radius 3 is 2.46 bits per heavy atom. The predicted octanol–water partition coefficient (Wildman–Crippen LogP) is 7.11. The molecule has 1 saturated heterocycles. The van der Waals surface area contributed by atoms with Crippen molar-refractivity contribution in [3.8, 4) is 35.0 Å². The summed E-state index contributed by atoms with van der Waals surface area (Å²) in [5.74, 6) is 1.38. The van der Waals surface area contributed by atoms with Gasteiger partial charge in [-0.3, -0.25) is 4.40 Å². The Kier molecular flexibility index (Phi) is 9.48. The maximum absolute atomic E-state index is 10.2. The molecule has 3 aromatic heterocycles. The van der Waals surface area contributed by atoms with Gasteiger partial charge in [-0.15, -0.1) is 0 Å². The Morgan fingerprint density at radius 1 is 0.896 bits per heavy atom. The second kappa shape index (κ2) is 14.2. The fraction of sp³-hybridized carbons (Fsp3) is 0.200. The molecule has 0 spiro atoms. The van der Waals surface area contributed by atoms with Gasteiger partial charge in [-0.05, 0) is 54.4 Å². The first-order chi connectivity index (χ1) is 23.5. The van der Waals surface area contributed by atoms with Crippen LogP contribution in [-0.2, 0) is 4.74 Å². The van der Waals surface area contributed by atoms with E-state index in [1.165, 1.54) is 0 Å². The average molecular weight is 659 g/mol. The van der Waals surface area contributed by atoms with Gasteiger partial charge in [0.05, 0.1) is 17.6 Å². The second-order valence-corrected chi connectivity index (χ2v) is 10.9. The number of halogens is 1. The maximum Gasteiger partial charge on any atom is 0.328 e. The fourth-order valence-electron chi connectivity index (χ4n) is 5.45. The topological polar surface area (TPSA) is 163 Å². The van der Waals surface area contributed by atoms with E-state index in [9.17, 15) is 10.5 Å². The minimum Gasteiger partial charge on any atom is -0.424 e. The Balaban J connectivity index is 0.00000197. The first-order valence-electron chi connectivity index (χ1n) is 15.4. The third-order valence-electron chi connectivity index (χ3n) is 7.55. The molecule has 3 N–H and O–H groups in total. The molecule has 3 aromatic carbocycles. The zero-order valence-corrected chi connectivity index (χ0v) is 27.1. The standard InChI is InChI=1S/C33H25ClN10O2.C2H6/c34-21-5-3-6-22(17-21)38-31-40-32(43-13-4-15-45-16-14-43)42-33(41-31)46-23-11-9-20(10-12-23)28-24(18-35)29(37)44-27-8-2-1-7-26(27)39-30(44)25(28)19-36;1-2/h1-3,5-12,17H,4,13-16,37H2,(H,38,40,41,42);1-2H3. The molecule has 0 saturated carbocycles. The van der Waals surface area contributed by atoms with Gasteiger partial charge in [0.15, 0.2) is 5.65 Å². The highest BCUT2D eigenvalue weighted by Crippen LogP contribution is 2.37. The monoisotopic (exact) mass is 658 g/mol. The summed E-state index contributed by atoms with van der Waals surface area (Å²) in [7, 11) is 0. The average Bonchev–Trinajstić information content (AvgIpc) is 3.28. The quantitative estimate of drug-likeness (QED) is 0.187.